The molecule has 0 saturated heterocycles. The third kappa shape index (κ3) is 12.1. The summed E-state index contributed by atoms with van der Waals surface area (Å²) < 4.78 is 0. The Morgan fingerprint density at radius 1 is 1.42 bits per heavy atom. The number of rotatable bonds is 4. The van der Waals surface area contributed by atoms with Gasteiger partial charge in [-0.25, -0.2) is 0 Å². The van der Waals surface area contributed by atoms with Crippen molar-refractivity contribution in [3.05, 3.63) is 0 Å². The van der Waals surface area contributed by atoms with Crippen LogP contribution in [0.15, 0.2) is 5.16 Å². The van der Waals surface area contributed by atoms with Gasteiger partial charge in [-0.05, 0) is 18.9 Å². The third-order valence-electron chi connectivity index (χ3n) is 1.43. The number of oxime groups is 1. The second-order valence-corrected chi connectivity index (χ2v) is 2.75. The van der Waals surface area contributed by atoms with Crippen LogP contribution in [0.1, 0.15) is 40.0 Å². The number of hydrogen-bond acceptors (Lipinski definition) is 3. The molecule has 0 unspecified atom stereocenters. The minimum absolute atomic E-state index is 0.473. The van der Waals surface area contributed by atoms with Crippen LogP contribution in [0.2, 0.25) is 0 Å². The highest BCUT2D eigenvalue weighted by Gasteiger charge is 1.99. The van der Waals surface area contributed by atoms with Crippen LogP contribution in [0.5, 0.6) is 0 Å². The predicted molar refractivity (Wildman–Crippen MR) is 53.7 cm³/mol. The normalized spacial score (nSPS) is 12.3. The van der Waals surface area contributed by atoms with Crippen molar-refractivity contribution in [2.24, 2.45) is 16.8 Å². The zero-order valence-electron chi connectivity index (χ0n) is 8.45. The summed E-state index contributed by atoms with van der Waals surface area (Å²) in [6.07, 6.45) is 4.56. The largest absolute Gasteiger partial charge is 0.411 e. The summed E-state index contributed by atoms with van der Waals surface area (Å²) in [7, 11) is 0. The molecule has 0 aromatic heterocycles. The summed E-state index contributed by atoms with van der Waals surface area (Å²) in [6, 6.07) is 0. The van der Waals surface area contributed by atoms with Gasteiger partial charge in [0.2, 0.25) is 0 Å². The summed E-state index contributed by atoms with van der Waals surface area (Å²) in [5.74, 6) is 0.473. The average Bonchev–Trinajstić information content (AvgIpc) is 2.08. The highest BCUT2D eigenvalue weighted by molar-refractivity contribution is 5.56. The van der Waals surface area contributed by atoms with Crippen LogP contribution >= 0.6 is 0 Å². The maximum Gasteiger partial charge on any atom is 0.0439 e. The lowest BCUT2D eigenvalue weighted by Crippen LogP contribution is -2.13. The third-order valence-corrected chi connectivity index (χ3v) is 1.43. The summed E-state index contributed by atoms with van der Waals surface area (Å²) >= 11 is 0. The Bertz CT molecular complexity index is 90.5. The number of nitrogens with zero attached hydrogens (tertiary/aromatic N) is 1. The van der Waals surface area contributed by atoms with E-state index in [-0.39, 0.29) is 0 Å². The van der Waals surface area contributed by atoms with Crippen molar-refractivity contribution in [1.29, 1.82) is 0 Å². The number of nitrogens with two attached hydrogens (primary N) is 1. The Morgan fingerprint density at radius 3 is 2.17 bits per heavy atom. The Hall–Kier alpha value is -0.570. The van der Waals surface area contributed by atoms with Gasteiger partial charge < -0.3 is 10.9 Å². The predicted octanol–water partition coefficient (Wildman–Crippen LogP) is 2.24. The van der Waals surface area contributed by atoms with E-state index in [1.807, 2.05) is 0 Å². The van der Waals surface area contributed by atoms with Crippen molar-refractivity contribution >= 4 is 6.21 Å². The van der Waals surface area contributed by atoms with E-state index in [0.29, 0.717) is 12.5 Å². The Kier molecular flexibility index (Phi) is 15.2. The van der Waals surface area contributed by atoms with Gasteiger partial charge in [0.05, 0.1) is 0 Å². The standard InChI is InChI=1S/C6H14N2O.C3H8/c1-2-6(5-7)3-4-8-9;1-3-2/h4,6,9H,2-3,5,7H2,1H3;3H2,1-2H3/b8-4+;/t6-;/m0./s1. The summed E-state index contributed by atoms with van der Waals surface area (Å²) in [5.41, 5.74) is 5.38. The zero-order valence-corrected chi connectivity index (χ0v) is 8.45. The molecular weight excluding hydrogens is 152 g/mol. The first-order chi connectivity index (χ1) is 5.76. The molecule has 3 nitrogen and oxygen atoms in total. The number of hydrogen-bond donors (Lipinski definition) is 2. The van der Waals surface area contributed by atoms with Gasteiger partial charge in [-0.3, -0.25) is 0 Å². The molecule has 0 aliphatic heterocycles. The molecule has 0 fully saturated rings. The van der Waals surface area contributed by atoms with Crippen LogP contribution in [0.4, 0.5) is 0 Å². The highest BCUT2D eigenvalue weighted by atomic mass is 16.4. The van der Waals surface area contributed by atoms with Crippen LogP contribution < -0.4 is 5.73 Å². The molecule has 0 saturated carbocycles. The molecule has 1 atom stereocenters. The Morgan fingerprint density at radius 2 is 1.92 bits per heavy atom. The van der Waals surface area contributed by atoms with Crippen molar-refractivity contribution in [2.75, 3.05) is 6.54 Å². The molecule has 3 N–H and O–H groups in total. The lowest BCUT2D eigenvalue weighted by atomic mass is 10.0. The van der Waals surface area contributed by atoms with Gasteiger partial charge >= 0.3 is 0 Å². The monoisotopic (exact) mass is 174 g/mol. The average molecular weight is 174 g/mol. The molecule has 0 aromatic rings. The summed E-state index contributed by atoms with van der Waals surface area (Å²) in [5, 5.41) is 10.9. The highest BCUT2D eigenvalue weighted by Crippen LogP contribution is 2.02. The summed E-state index contributed by atoms with van der Waals surface area (Å²) in [6.45, 7) is 6.99. The van der Waals surface area contributed by atoms with Crippen LogP contribution in [-0.2, 0) is 0 Å². The molecular formula is C9H22N2O. The van der Waals surface area contributed by atoms with E-state index in [9.17, 15) is 0 Å². The van der Waals surface area contributed by atoms with E-state index in [0.717, 1.165) is 12.8 Å². The second-order valence-electron chi connectivity index (χ2n) is 2.75. The molecule has 0 radical (unpaired) electrons. The quantitative estimate of drug-likeness (QED) is 0.390. The molecule has 74 valence electrons. The first-order valence-corrected chi connectivity index (χ1v) is 4.62. The fourth-order valence-corrected chi connectivity index (χ4v) is 0.626. The molecule has 0 rings (SSSR count). The molecule has 12 heavy (non-hydrogen) atoms. The molecule has 0 amide bonds. The fraction of sp³-hybridized carbons (Fsp3) is 0.889. The molecule has 0 aliphatic rings. The molecule has 0 aliphatic carbocycles. The van der Waals surface area contributed by atoms with E-state index >= 15 is 0 Å². The lowest BCUT2D eigenvalue weighted by Gasteiger charge is -2.05. The van der Waals surface area contributed by atoms with Crippen LogP contribution in [0.25, 0.3) is 0 Å². The topological polar surface area (TPSA) is 58.6 Å². The lowest BCUT2D eigenvalue weighted by molar-refractivity contribution is 0.319. The molecule has 0 heterocycles. The van der Waals surface area contributed by atoms with Crippen molar-refractivity contribution in [1.82, 2.24) is 0 Å². The fourth-order valence-electron chi connectivity index (χ4n) is 0.626. The van der Waals surface area contributed by atoms with Crippen molar-refractivity contribution in [2.45, 2.75) is 40.0 Å². The summed E-state index contributed by atoms with van der Waals surface area (Å²) in [4.78, 5) is 0. The van der Waals surface area contributed by atoms with E-state index < -0.39 is 0 Å². The SMILES string of the molecule is CCC.CC[C@H](CN)C/C=N/O. The zero-order chi connectivity index (χ0) is 9.82. The maximum absolute atomic E-state index is 8.03. The first-order valence-electron chi connectivity index (χ1n) is 4.62. The van der Waals surface area contributed by atoms with Crippen LogP contribution in [0, 0.1) is 5.92 Å². The van der Waals surface area contributed by atoms with Gasteiger partial charge in [-0.2, -0.15) is 0 Å². The van der Waals surface area contributed by atoms with Gasteiger partial charge in [0.15, 0.2) is 0 Å². The van der Waals surface area contributed by atoms with Crippen molar-refractivity contribution in [3.63, 3.8) is 0 Å². The minimum Gasteiger partial charge on any atom is -0.411 e. The molecule has 0 spiro atoms. The smallest absolute Gasteiger partial charge is 0.0439 e. The van der Waals surface area contributed by atoms with Crippen LogP contribution in [-0.4, -0.2) is 18.0 Å². The van der Waals surface area contributed by atoms with E-state index in [4.69, 9.17) is 10.9 Å². The maximum atomic E-state index is 8.03. The molecule has 3 heteroatoms. The van der Waals surface area contributed by atoms with E-state index in [1.165, 1.54) is 12.6 Å². The first kappa shape index (κ1) is 14.0. The minimum atomic E-state index is 0.473. The van der Waals surface area contributed by atoms with Crippen molar-refractivity contribution in [3.8, 4) is 0 Å². The van der Waals surface area contributed by atoms with Gasteiger partial charge in [0.25, 0.3) is 0 Å². The van der Waals surface area contributed by atoms with Gasteiger partial charge in [-0.15, -0.1) is 5.16 Å². The van der Waals surface area contributed by atoms with Crippen LogP contribution in [0.3, 0.4) is 0 Å². The van der Waals surface area contributed by atoms with E-state index in [2.05, 4.69) is 25.9 Å². The van der Waals surface area contributed by atoms with Crippen molar-refractivity contribution < 1.29 is 5.21 Å². The van der Waals surface area contributed by atoms with Gasteiger partial charge in [-0.1, -0.05) is 33.6 Å². The van der Waals surface area contributed by atoms with Gasteiger partial charge in [0.1, 0.15) is 0 Å². The van der Waals surface area contributed by atoms with Gasteiger partial charge in [0, 0.05) is 6.21 Å². The second kappa shape index (κ2) is 13.1. The Balaban J connectivity index is 0. The molecule has 0 aromatic carbocycles. The van der Waals surface area contributed by atoms with E-state index in [1.54, 1.807) is 0 Å². The Labute approximate surface area is 75.6 Å². The molecule has 0 bridgehead atoms.